The minimum absolute atomic E-state index is 0.0325. The maximum Gasteiger partial charge on any atom is 0.315 e. The number of carbonyl (C=O) groups excluding carboxylic acids is 1. The standard InChI is InChI=1S/C17H20N2O2/c1-13-2-4-14(5-3-13)10-18-17(21)19-11-15-6-8-16(12-20)9-7-15/h2-9,20H,10-12H2,1H3,(H2,18,19,21). The molecule has 0 spiro atoms. The van der Waals surface area contributed by atoms with Gasteiger partial charge in [0, 0.05) is 13.1 Å². The lowest BCUT2D eigenvalue weighted by Gasteiger charge is -2.08. The van der Waals surface area contributed by atoms with Crippen molar-refractivity contribution >= 4 is 6.03 Å². The fourth-order valence-electron chi connectivity index (χ4n) is 1.90. The highest BCUT2D eigenvalue weighted by molar-refractivity contribution is 5.73. The van der Waals surface area contributed by atoms with Crippen molar-refractivity contribution in [2.24, 2.45) is 0 Å². The molecule has 0 saturated carbocycles. The predicted molar refractivity (Wildman–Crippen MR) is 82.6 cm³/mol. The van der Waals surface area contributed by atoms with E-state index in [0.717, 1.165) is 16.7 Å². The molecule has 0 unspecified atom stereocenters. The molecule has 0 fully saturated rings. The first-order valence-corrected chi connectivity index (χ1v) is 6.93. The topological polar surface area (TPSA) is 61.4 Å². The van der Waals surface area contributed by atoms with Crippen LogP contribution in [0.2, 0.25) is 0 Å². The van der Waals surface area contributed by atoms with Gasteiger partial charge in [0.1, 0.15) is 0 Å². The molecule has 2 aromatic carbocycles. The van der Waals surface area contributed by atoms with Gasteiger partial charge >= 0.3 is 6.03 Å². The number of hydrogen-bond acceptors (Lipinski definition) is 2. The molecule has 2 amide bonds. The molecule has 3 N–H and O–H groups in total. The van der Waals surface area contributed by atoms with E-state index < -0.39 is 0 Å². The monoisotopic (exact) mass is 284 g/mol. The highest BCUT2D eigenvalue weighted by Gasteiger charge is 2.01. The summed E-state index contributed by atoms with van der Waals surface area (Å²) in [6.07, 6.45) is 0. The normalized spacial score (nSPS) is 10.2. The van der Waals surface area contributed by atoms with Crippen molar-refractivity contribution in [2.45, 2.75) is 26.6 Å². The number of hydrogen-bond donors (Lipinski definition) is 3. The Morgan fingerprint density at radius 1 is 0.857 bits per heavy atom. The Kier molecular flexibility index (Phi) is 5.35. The minimum Gasteiger partial charge on any atom is -0.392 e. The van der Waals surface area contributed by atoms with Crippen LogP contribution in [-0.4, -0.2) is 11.1 Å². The average Bonchev–Trinajstić information content (AvgIpc) is 2.53. The Balaban J connectivity index is 1.75. The lowest BCUT2D eigenvalue weighted by Crippen LogP contribution is -2.34. The first kappa shape index (κ1) is 15.1. The van der Waals surface area contributed by atoms with E-state index in [1.807, 2.05) is 55.5 Å². The number of benzene rings is 2. The van der Waals surface area contributed by atoms with Crippen molar-refractivity contribution in [3.8, 4) is 0 Å². The van der Waals surface area contributed by atoms with E-state index in [9.17, 15) is 4.79 Å². The van der Waals surface area contributed by atoms with E-state index in [-0.39, 0.29) is 12.6 Å². The Morgan fingerprint density at radius 3 is 1.76 bits per heavy atom. The molecule has 0 heterocycles. The molecule has 0 aliphatic carbocycles. The summed E-state index contributed by atoms with van der Waals surface area (Å²) in [7, 11) is 0. The zero-order valence-electron chi connectivity index (χ0n) is 12.1. The second-order valence-electron chi connectivity index (χ2n) is 5.00. The molecular weight excluding hydrogens is 264 g/mol. The lowest BCUT2D eigenvalue weighted by atomic mass is 10.1. The summed E-state index contributed by atoms with van der Waals surface area (Å²) in [5.41, 5.74) is 4.14. The number of aliphatic hydroxyl groups is 1. The molecule has 0 aromatic heterocycles. The van der Waals surface area contributed by atoms with Crippen LogP contribution in [-0.2, 0) is 19.7 Å². The average molecular weight is 284 g/mol. The second kappa shape index (κ2) is 7.45. The minimum atomic E-state index is -0.193. The van der Waals surface area contributed by atoms with E-state index in [1.165, 1.54) is 5.56 Å². The molecule has 0 aliphatic heterocycles. The third-order valence-electron chi connectivity index (χ3n) is 3.23. The largest absolute Gasteiger partial charge is 0.392 e. The van der Waals surface area contributed by atoms with Gasteiger partial charge in [0.15, 0.2) is 0 Å². The summed E-state index contributed by atoms with van der Waals surface area (Å²) < 4.78 is 0. The molecule has 0 atom stereocenters. The van der Waals surface area contributed by atoms with Gasteiger partial charge in [0.2, 0.25) is 0 Å². The van der Waals surface area contributed by atoms with Crippen LogP contribution in [0.4, 0.5) is 4.79 Å². The van der Waals surface area contributed by atoms with Crippen molar-refractivity contribution in [1.82, 2.24) is 10.6 Å². The van der Waals surface area contributed by atoms with Crippen LogP contribution in [0.1, 0.15) is 22.3 Å². The van der Waals surface area contributed by atoms with Crippen LogP contribution in [0.25, 0.3) is 0 Å². The number of urea groups is 1. The van der Waals surface area contributed by atoms with Gasteiger partial charge in [0.05, 0.1) is 6.61 Å². The van der Waals surface area contributed by atoms with Crippen molar-refractivity contribution < 1.29 is 9.90 Å². The van der Waals surface area contributed by atoms with Gasteiger partial charge in [0.25, 0.3) is 0 Å². The molecule has 2 aromatic rings. The molecule has 0 bridgehead atoms. The molecule has 2 rings (SSSR count). The van der Waals surface area contributed by atoms with Crippen LogP contribution in [0.3, 0.4) is 0 Å². The zero-order chi connectivity index (χ0) is 15.1. The third-order valence-corrected chi connectivity index (χ3v) is 3.23. The van der Waals surface area contributed by atoms with Crippen molar-refractivity contribution in [1.29, 1.82) is 0 Å². The molecule has 0 saturated heterocycles. The van der Waals surface area contributed by atoms with E-state index >= 15 is 0 Å². The highest BCUT2D eigenvalue weighted by atomic mass is 16.3. The summed E-state index contributed by atoms with van der Waals surface area (Å²) in [5, 5.41) is 14.6. The molecule has 110 valence electrons. The van der Waals surface area contributed by atoms with Gasteiger partial charge in [-0.2, -0.15) is 0 Å². The zero-order valence-corrected chi connectivity index (χ0v) is 12.1. The maximum absolute atomic E-state index is 11.7. The first-order chi connectivity index (χ1) is 10.2. The van der Waals surface area contributed by atoms with Crippen LogP contribution in [0, 0.1) is 6.92 Å². The van der Waals surface area contributed by atoms with E-state index in [2.05, 4.69) is 10.6 Å². The summed E-state index contributed by atoms with van der Waals surface area (Å²) in [4.78, 5) is 11.7. The fraction of sp³-hybridized carbons (Fsp3) is 0.235. The Hall–Kier alpha value is -2.33. The molecule has 4 heteroatoms. The Bertz CT molecular complexity index is 577. The van der Waals surface area contributed by atoms with Crippen molar-refractivity contribution in [3.63, 3.8) is 0 Å². The van der Waals surface area contributed by atoms with Gasteiger partial charge in [-0.25, -0.2) is 4.79 Å². The highest BCUT2D eigenvalue weighted by Crippen LogP contribution is 2.04. The molecule has 4 nitrogen and oxygen atoms in total. The molecular formula is C17H20N2O2. The van der Waals surface area contributed by atoms with Crippen LogP contribution in [0.5, 0.6) is 0 Å². The fourth-order valence-corrected chi connectivity index (χ4v) is 1.90. The summed E-state index contributed by atoms with van der Waals surface area (Å²) in [6.45, 7) is 3.04. The Labute approximate surface area is 124 Å². The quantitative estimate of drug-likeness (QED) is 0.790. The summed E-state index contributed by atoms with van der Waals surface area (Å²) >= 11 is 0. The van der Waals surface area contributed by atoms with Gasteiger partial charge in [-0.15, -0.1) is 0 Å². The smallest absolute Gasteiger partial charge is 0.315 e. The van der Waals surface area contributed by atoms with Gasteiger partial charge in [-0.3, -0.25) is 0 Å². The van der Waals surface area contributed by atoms with E-state index in [1.54, 1.807) is 0 Å². The van der Waals surface area contributed by atoms with Crippen LogP contribution >= 0.6 is 0 Å². The number of aliphatic hydroxyl groups excluding tert-OH is 1. The molecule has 0 radical (unpaired) electrons. The third kappa shape index (κ3) is 4.93. The number of amides is 2. The van der Waals surface area contributed by atoms with Gasteiger partial charge < -0.3 is 15.7 Å². The lowest BCUT2D eigenvalue weighted by molar-refractivity contribution is 0.240. The number of carbonyl (C=O) groups is 1. The van der Waals surface area contributed by atoms with Crippen LogP contribution in [0.15, 0.2) is 48.5 Å². The van der Waals surface area contributed by atoms with Gasteiger partial charge in [-0.05, 0) is 23.6 Å². The number of rotatable bonds is 5. The summed E-state index contributed by atoms with van der Waals surface area (Å²) in [6, 6.07) is 15.4. The summed E-state index contributed by atoms with van der Waals surface area (Å²) in [5.74, 6) is 0. The molecule has 0 aliphatic rings. The Morgan fingerprint density at radius 2 is 1.29 bits per heavy atom. The maximum atomic E-state index is 11.7. The SMILES string of the molecule is Cc1ccc(CNC(=O)NCc2ccc(CO)cc2)cc1. The van der Waals surface area contributed by atoms with E-state index in [4.69, 9.17) is 5.11 Å². The number of aryl methyl sites for hydroxylation is 1. The van der Waals surface area contributed by atoms with Gasteiger partial charge in [-0.1, -0.05) is 54.1 Å². The first-order valence-electron chi connectivity index (χ1n) is 6.93. The van der Waals surface area contributed by atoms with Crippen molar-refractivity contribution in [2.75, 3.05) is 0 Å². The molecule has 21 heavy (non-hydrogen) atoms. The second-order valence-corrected chi connectivity index (χ2v) is 5.00. The number of nitrogens with one attached hydrogen (secondary N) is 2. The van der Waals surface area contributed by atoms with Crippen molar-refractivity contribution in [3.05, 3.63) is 70.8 Å². The predicted octanol–water partition coefficient (Wildman–Crippen LogP) is 2.49. The van der Waals surface area contributed by atoms with E-state index in [0.29, 0.717) is 13.1 Å². The van der Waals surface area contributed by atoms with Crippen LogP contribution < -0.4 is 10.6 Å².